The largest absolute Gasteiger partial charge is 0.277 e. The predicted octanol–water partition coefficient (Wildman–Crippen LogP) is 3.98. The molecule has 3 nitrogen and oxygen atoms in total. The molecule has 2 aromatic rings. The highest BCUT2D eigenvalue weighted by molar-refractivity contribution is 9.10. The van der Waals surface area contributed by atoms with Crippen molar-refractivity contribution in [3.8, 4) is 0 Å². The highest BCUT2D eigenvalue weighted by atomic mass is 79.9. The van der Waals surface area contributed by atoms with Crippen LogP contribution in [-0.4, -0.2) is 8.42 Å². The molecule has 0 saturated heterocycles. The maximum atomic E-state index is 13.5. The zero-order valence-corrected chi connectivity index (χ0v) is 13.0. The quantitative estimate of drug-likeness (QED) is 0.819. The summed E-state index contributed by atoms with van der Waals surface area (Å²) in [6.45, 7) is 1.56. The summed E-state index contributed by atoms with van der Waals surface area (Å²) in [5, 5.41) is 0. The lowest BCUT2D eigenvalue weighted by atomic mass is 10.2. The van der Waals surface area contributed by atoms with Crippen LogP contribution in [0.15, 0.2) is 39.7 Å². The normalized spacial score (nSPS) is 11.5. The Balaban J connectivity index is 2.47. The number of benzene rings is 2. The maximum absolute atomic E-state index is 13.5. The van der Waals surface area contributed by atoms with Crippen LogP contribution in [0.2, 0.25) is 0 Å². The van der Waals surface area contributed by atoms with Crippen molar-refractivity contribution < 1.29 is 21.6 Å². The van der Waals surface area contributed by atoms with Crippen LogP contribution in [0, 0.1) is 24.4 Å². The first-order valence-corrected chi connectivity index (χ1v) is 7.92. The SMILES string of the molecule is Cc1ccc(Br)cc1S(=O)(=O)Nc1cc(F)c(F)cc1F. The molecule has 8 heteroatoms. The second kappa shape index (κ2) is 5.69. The molecule has 1 N–H and O–H groups in total. The summed E-state index contributed by atoms with van der Waals surface area (Å²) >= 11 is 3.13. The molecular weight excluding hydrogens is 371 g/mol. The molecule has 0 spiro atoms. The summed E-state index contributed by atoms with van der Waals surface area (Å²) in [4.78, 5) is -0.0963. The second-order valence-corrected chi connectivity index (χ2v) is 6.83. The van der Waals surface area contributed by atoms with Crippen LogP contribution in [0.5, 0.6) is 0 Å². The average Bonchev–Trinajstić information content (AvgIpc) is 2.38. The highest BCUT2D eigenvalue weighted by Gasteiger charge is 2.20. The Hall–Kier alpha value is -1.54. The third kappa shape index (κ3) is 3.38. The van der Waals surface area contributed by atoms with Crippen molar-refractivity contribution in [2.24, 2.45) is 0 Å². The number of anilines is 1. The van der Waals surface area contributed by atoms with E-state index in [1.165, 1.54) is 6.07 Å². The molecule has 0 saturated carbocycles. The number of rotatable bonds is 3. The average molecular weight is 380 g/mol. The van der Waals surface area contributed by atoms with Crippen LogP contribution >= 0.6 is 15.9 Å². The van der Waals surface area contributed by atoms with Gasteiger partial charge in [-0.25, -0.2) is 21.6 Å². The van der Waals surface area contributed by atoms with E-state index in [-0.39, 0.29) is 11.0 Å². The topological polar surface area (TPSA) is 46.2 Å². The van der Waals surface area contributed by atoms with Crippen molar-refractivity contribution in [1.29, 1.82) is 0 Å². The lowest BCUT2D eigenvalue weighted by Gasteiger charge is -2.11. The van der Waals surface area contributed by atoms with E-state index >= 15 is 0 Å². The Kier molecular flexibility index (Phi) is 4.29. The number of hydrogen-bond acceptors (Lipinski definition) is 2. The van der Waals surface area contributed by atoms with Crippen LogP contribution in [-0.2, 0) is 10.0 Å². The van der Waals surface area contributed by atoms with Crippen molar-refractivity contribution in [2.45, 2.75) is 11.8 Å². The van der Waals surface area contributed by atoms with Crippen molar-refractivity contribution in [1.82, 2.24) is 0 Å². The molecule has 0 aromatic heterocycles. The Morgan fingerprint density at radius 2 is 1.62 bits per heavy atom. The minimum absolute atomic E-state index is 0.0963. The second-order valence-electron chi connectivity index (χ2n) is 4.26. The zero-order valence-electron chi connectivity index (χ0n) is 10.6. The first-order valence-electron chi connectivity index (χ1n) is 5.64. The fraction of sp³-hybridized carbons (Fsp3) is 0.0769. The number of hydrogen-bond donors (Lipinski definition) is 1. The van der Waals surface area contributed by atoms with Gasteiger partial charge in [0.05, 0.1) is 10.6 Å². The van der Waals surface area contributed by atoms with Crippen LogP contribution < -0.4 is 4.72 Å². The van der Waals surface area contributed by atoms with Gasteiger partial charge in [-0.3, -0.25) is 4.72 Å². The first kappa shape index (κ1) is 15.8. The Bertz CT molecular complexity index is 809. The molecule has 112 valence electrons. The Morgan fingerprint density at radius 3 is 2.29 bits per heavy atom. The first-order chi connectivity index (χ1) is 9.70. The summed E-state index contributed by atoms with van der Waals surface area (Å²) in [7, 11) is -4.13. The molecule has 0 aliphatic heterocycles. The van der Waals surface area contributed by atoms with Gasteiger partial charge in [0.2, 0.25) is 0 Å². The molecular formula is C13H9BrF3NO2S. The molecule has 2 aromatic carbocycles. The molecule has 21 heavy (non-hydrogen) atoms. The van der Waals surface area contributed by atoms with E-state index in [1.807, 2.05) is 4.72 Å². The summed E-state index contributed by atoms with van der Waals surface area (Å²) < 4.78 is 66.3. The monoisotopic (exact) mass is 379 g/mol. The molecule has 0 unspecified atom stereocenters. The molecule has 0 aliphatic rings. The van der Waals surface area contributed by atoms with Gasteiger partial charge in [-0.2, -0.15) is 0 Å². The lowest BCUT2D eigenvalue weighted by molar-refractivity contribution is 0.496. The standard InChI is InChI=1S/C13H9BrF3NO2S/c1-7-2-3-8(14)4-13(7)21(19,20)18-12-6-10(16)9(15)5-11(12)17/h2-6,18H,1H3. The summed E-state index contributed by atoms with van der Waals surface area (Å²) in [6.07, 6.45) is 0. The van der Waals surface area contributed by atoms with E-state index < -0.39 is 33.2 Å². The van der Waals surface area contributed by atoms with E-state index in [0.29, 0.717) is 16.1 Å². The van der Waals surface area contributed by atoms with E-state index in [1.54, 1.807) is 19.1 Å². The minimum Gasteiger partial charge on any atom is -0.277 e. The van der Waals surface area contributed by atoms with E-state index in [2.05, 4.69) is 15.9 Å². The van der Waals surface area contributed by atoms with Gasteiger partial charge in [-0.05, 0) is 24.6 Å². The smallest absolute Gasteiger partial charge is 0.262 e. The van der Waals surface area contributed by atoms with Crippen LogP contribution in [0.3, 0.4) is 0 Å². The van der Waals surface area contributed by atoms with Gasteiger partial charge in [-0.1, -0.05) is 22.0 Å². The lowest BCUT2D eigenvalue weighted by Crippen LogP contribution is -2.15. The van der Waals surface area contributed by atoms with Gasteiger partial charge in [0.15, 0.2) is 11.6 Å². The molecule has 0 aliphatic carbocycles. The van der Waals surface area contributed by atoms with Gasteiger partial charge in [0, 0.05) is 16.6 Å². The molecule has 0 fully saturated rings. The summed E-state index contributed by atoms with van der Waals surface area (Å²) in [6, 6.07) is 5.26. The van der Waals surface area contributed by atoms with E-state index in [0.717, 1.165) is 0 Å². The minimum atomic E-state index is -4.13. The van der Waals surface area contributed by atoms with Gasteiger partial charge in [0.1, 0.15) is 5.82 Å². The molecule has 0 bridgehead atoms. The third-order valence-electron chi connectivity index (χ3n) is 2.69. The van der Waals surface area contributed by atoms with Crippen molar-refractivity contribution >= 4 is 31.6 Å². The molecule has 0 radical (unpaired) electrons. The predicted molar refractivity (Wildman–Crippen MR) is 76.0 cm³/mol. The molecule has 0 heterocycles. The number of sulfonamides is 1. The van der Waals surface area contributed by atoms with Crippen LogP contribution in [0.25, 0.3) is 0 Å². The van der Waals surface area contributed by atoms with Crippen LogP contribution in [0.1, 0.15) is 5.56 Å². The van der Waals surface area contributed by atoms with Crippen molar-refractivity contribution in [3.05, 3.63) is 57.8 Å². The Labute approximate surface area is 128 Å². The van der Waals surface area contributed by atoms with Gasteiger partial charge in [0.25, 0.3) is 10.0 Å². The zero-order chi connectivity index (χ0) is 15.8. The fourth-order valence-corrected chi connectivity index (χ4v) is 3.51. The van der Waals surface area contributed by atoms with Crippen LogP contribution in [0.4, 0.5) is 18.9 Å². The summed E-state index contributed by atoms with van der Waals surface area (Å²) in [5.74, 6) is -3.95. The van der Waals surface area contributed by atoms with E-state index in [4.69, 9.17) is 0 Å². The maximum Gasteiger partial charge on any atom is 0.262 e. The van der Waals surface area contributed by atoms with Gasteiger partial charge in [-0.15, -0.1) is 0 Å². The molecule has 0 amide bonds. The number of nitrogens with one attached hydrogen (secondary N) is 1. The van der Waals surface area contributed by atoms with Gasteiger partial charge >= 0.3 is 0 Å². The van der Waals surface area contributed by atoms with Crippen molar-refractivity contribution in [3.63, 3.8) is 0 Å². The third-order valence-corrected chi connectivity index (χ3v) is 4.69. The summed E-state index contributed by atoms with van der Waals surface area (Å²) in [5.41, 5.74) is -0.234. The van der Waals surface area contributed by atoms with Crippen molar-refractivity contribution in [2.75, 3.05) is 4.72 Å². The highest BCUT2D eigenvalue weighted by Crippen LogP contribution is 2.25. The van der Waals surface area contributed by atoms with Gasteiger partial charge < -0.3 is 0 Å². The Morgan fingerprint density at radius 1 is 1.00 bits per heavy atom. The molecule has 0 atom stereocenters. The fourth-order valence-electron chi connectivity index (χ4n) is 1.66. The number of halogens is 4. The van der Waals surface area contributed by atoms with E-state index in [9.17, 15) is 21.6 Å². The number of aryl methyl sites for hydroxylation is 1. The molecule has 2 rings (SSSR count).